The molecule has 1 aliphatic rings. The van der Waals surface area contributed by atoms with Gasteiger partial charge in [0.1, 0.15) is 5.75 Å². The summed E-state index contributed by atoms with van der Waals surface area (Å²) in [5.41, 5.74) is 3.21. The van der Waals surface area contributed by atoms with Gasteiger partial charge in [0, 0.05) is 33.7 Å². The fourth-order valence-electron chi connectivity index (χ4n) is 4.74. The Morgan fingerprint density at radius 2 is 1.89 bits per heavy atom. The van der Waals surface area contributed by atoms with Crippen LogP contribution >= 0.6 is 23.2 Å². The minimum absolute atomic E-state index is 0.0213. The lowest BCUT2D eigenvalue weighted by atomic mass is 9.95. The fraction of sp³-hybridized carbons (Fsp3) is 0.133. The maximum absolute atomic E-state index is 13.4. The lowest BCUT2D eigenvalue weighted by Gasteiger charge is -2.27. The Hall–Kier alpha value is -4.00. The Labute approximate surface area is 229 Å². The number of aliphatic hydroxyl groups is 1. The highest BCUT2D eigenvalue weighted by atomic mass is 35.5. The molecular weight excluding hydrogens is 523 g/mol. The van der Waals surface area contributed by atoms with Crippen molar-refractivity contribution in [1.82, 2.24) is 9.88 Å². The molecule has 6 nitrogen and oxygen atoms in total. The zero-order chi connectivity index (χ0) is 26.8. The molecule has 5 rings (SSSR count). The minimum Gasteiger partial charge on any atom is -0.503 e. The van der Waals surface area contributed by atoms with Crippen molar-refractivity contribution in [3.05, 3.63) is 117 Å². The number of aliphatic hydroxyl groups excluding tert-OH is 1. The summed E-state index contributed by atoms with van der Waals surface area (Å²) in [7, 11) is 1.61. The number of allylic oxidation sites excluding steroid dienone is 1. The summed E-state index contributed by atoms with van der Waals surface area (Å²) in [5, 5.41) is 12.6. The second-order valence-corrected chi connectivity index (χ2v) is 9.76. The average molecular weight is 547 g/mol. The molecule has 4 aromatic rings. The van der Waals surface area contributed by atoms with E-state index < -0.39 is 23.5 Å². The number of aromatic amines is 1. The van der Waals surface area contributed by atoms with Crippen LogP contribution in [0.2, 0.25) is 10.0 Å². The molecule has 1 amide bonds. The van der Waals surface area contributed by atoms with Crippen LogP contribution in [0.3, 0.4) is 0 Å². The van der Waals surface area contributed by atoms with Crippen molar-refractivity contribution in [1.29, 1.82) is 0 Å². The van der Waals surface area contributed by atoms with Gasteiger partial charge in [0.2, 0.25) is 0 Å². The molecule has 1 atom stereocenters. The zero-order valence-corrected chi connectivity index (χ0v) is 22.0. The smallest absolute Gasteiger partial charge is 0.290 e. The van der Waals surface area contributed by atoms with Crippen molar-refractivity contribution < 1.29 is 19.4 Å². The van der Waals surface area contributed by atoms with Crippen LogP contribution in [-0.2, 0) is 16.0 Å². The second kappa shape index (κ2) is 10.8. The van der Waals surface area contributed by atoms with E-state index in [9.17, 15) is 14.7 Å². The Morgan fingerprint density at radius 3 is 2.63 bits per heavy atom. The van der Waals surface area contributed by atoms with Crippen LogP contribution in [-0.4, -0.2) is 40.3 Å². The first-order valence-corrected chi connectivity index (χ1v) is 12.7. The molecule has 0 saturated carbocycles. The summed E-state index contributed by atoms with van der Waals surface area (Å²) >= 11 is 12.7. The van der Waals surface area contributed by atoms with Crippen LogP contribution in [0.1, 0.15) is 22.7 Å². The van der Waals surface area contributed by atoms with Crippen LogP contribution in [0.4, 0.5) is 0 Å². The van der Waals surface area contributed by atoms with Gasteiger partial charge in [-0.25, -0.2) is 0 Å². The normalized spacial score (nSPS) is 15.7. The Bertz CT molecular complexity index is 1590. The standard InChI is InChI=1S/C30H24Cl2N2O4/c1-38-21-9-11-25-23(16-21)19(17-33-25)13-14-34-28(22-10-8-20(31)15-24(22)32)27(29(36)30(34)37)26(35)12-7-18-5-3-2-4-6-18/h2-12,15-17,28,33,36H,13-14H2,1H3/b12-7+. The molecule has 0 saturated heterocycles. The van der Waals surface area contributed by atoms with Gasteiger partial charge in [-0.2, -0.15) is 0 Å². The van der Waals surface area contributed by atoms with E-state index in [4.69, 9.17) is 27.9 Å². The van der Waals surface area contributed by atoms with Crippen LogP contribution in [0.15, 0.2) is 90.3 Å². The maximum atomic E-state index is 13.4. The number of nitrogens with zero attached hydrogens (tertiary/aromatic N) is 1. The average Bonchev–Trinajstić information content (AvgIpc) is 3.44. The maximum Gasteiger partial charge on any atom is 0.290 e. The Balaban J connectivity index is 1.49. The Kier molecular flexibility index (Phi) is 7.27. The number of ether oxygens (including phenoxy) is 1. The highest BCUT2D eigenvalue weighted by Gasteiger charge is 2.43. The number of aromatic nitrogens is 1. The highest BCUT2D eigenvalue weighted by molar-refractivity contribution is 6.35. The van der Waals surface area contributed by atoms with Gasteiger partial charge in [-0.3, -0.25) is 9.59 Å². The zero-order valence-electron chi connectivity index (χ0n) is 20.4. The largest absolute Gasteiger partial charge is 0.503 e. The number of ketones is 1. The monoisotopic (exact) mass is 546 g/mol. The number of halogens is 2. The van der Waals surface area contributed by atoms with Crippen molar-refractivity contribution in [2.24, 2.45) is 0 Å². The number of hydrogen-bond donors (Lipinski definition) is 2. The number of rotatable bonds is 8. The number of hydrogen-bond acceptors (Lipinski definition) is 4. The molecule has 1 aliphatic heterocycles. The first-order valence-electron chi connectivity index (χ1n) is 12.0. The number of H-pyrrole nitrogens is 1. The van der Waals surface area contributed by atoms with Crippen molar-refractivity contribution >= 4 is 51.9 Å². The van der Waals surface area contributed by atoms with Crippen LogP contribution in [0.5, 0.6) is 5.75 Å². The molecule has 3 aromatic carbocycles. The number of methoxy groups -OCH3 is 1. The van der Waals surface area contributed by atoms with Crippen molar-refractivity contribution in [2.45, 2.75) is 12.5 Å². The van der Waals surface area contributed by atoms with Gasteiger partial charge in [0.05, 0.1) is 18.7 Å². The van der Waals surface area contributed by atoms with E-state index in [1.54, 1.807) is 31.4 Å². The van der Waals surface area contributed by atoms with E-state index in [1.165, 1.54) is 11.0 Å². The molecule has 1 aromatic heterocycles. The molecule has 1 unspecified atom stereocenters. The molecule has 0 fully saturated rings. The molecule has 2 N–H and O–H groups in total. The first-order chi connectivity index (χ1) is 18.4. The van der Waals surface area contributed by atoms with Crippen molar-refractivity contribution in [2.75, 3.05) is 13.7 Å². The number of carbonyl (C=O) groups excluding carboxylic acids is 2. The van der Waals surface area contributed by atoms with E-state index in [2.05, 4.69) is 4.98 Å². The molecule has 0 radical (unpaired) electrons. The van der Waals surface area contributed by atoms with Gasteiger partial charge in [0.25, 0.3) is 5.91 Å². The fourth-order valence-corrected chi connectivity index (χ4v) is 5.25. The molecule has 8 heteroatoms. The summed E-state index contributed by atoms with van der Waals surface area (Å²) in [6.07, 6.45) is 5.36. The number of amides is 1. The van der Waals surface area contributed by atoms with E-state index in [1.807, 2.05) is 54.7 Å². The van der Waals surface area contributed by atoms with Gasteiger partial charge in [-0.1, -0.05) is 65.7 Å². The Morgan fingerprint density at radius 1 is 1.11 bits per heavy atom. The molecule has 0 aliphatic carbocycles. The molecular formula is C30H24Cl2N2O4. The number of nitrogens with one attached hydrogen (secondary N) is 1. The van der Waals surface area contributed by atoms with E-state index >= 15 is 0 Å². The number of benzene rings is 3. The minimum atomic E-state index is -0.875. The predicted molar refractivity (Wildman–Crippen MR) is 150 cm³/mol. The second-order valence-electron chi connectivity index (χ2n) is 8.91. The first kappa shape index (κ1) is 25.6. The molecule has 0 bridgehead atoms. The van der Waals surface area contributed by atoms with E-state index in [0.29, 0.717) is 22.0 Å². The third-order valence-electron chi connectivity index (χ3n) is 6.65. The highest BCUT2D eigenvalue weighted by Crippen LogP contribution is 2.41. The lowest BCUT2D eigenvalue weighted by Crippen LogP contribution is -2.33. The van der Waals surface area contributed by atoms with E-state index in [-0.39, 0.29) is 12.1 Å². The molecule has 0 spiro atoms. The van der Waals surface area contributed by atoms with Gasteiger partial charge in [0.15, 0.2) is 11.5 Å². The number of carbonyl (C=O) groups is 2. The lowest BCUT2D eigenvalue weighted by molar-refractivity contribution is -0.129. The molecule has 192 valence electrons. The van der Waals surface area contributed by atoms with Crippen LogP contribution in [0, 0.1) is 0 Å². The summed E-state index contributed by atoms with van der Waals surface area (Å²) in [6, 6.07) is 19.0. The van der Waals surface area contributed by atoms with Gasteiger partial charge in [-0.15, -0.1) is 0 Å². The quantitative estimate of drug-likeness (QED) is 0.241. The van der Waals surface area contributed by atoms with E-state index in [0.717, 1.165) is 27.8 Å². The topological polar surface area (TPSA) is 82.6 Å². The third-order valence-corrected chi connectivity index (χ3v) is 7.21. The van der Waals surface area contributed by atoms with Gasteiger partial charge in [-0.05, 0) is 59.5 Å². The summed E-state index contributed by atoms with van der Waals surface area (Å²) < 4.78 is 5.36. The third kappa shape index (κ3) is 4.93. The predicted octanol–water partition coefficient (Wildman–Crippen LogP) is 6.70. The molecule has 2 heterocycles. The van der Waals surface area contributed by atoms with Gasteiger partial charge >= 0.3 is 0 Å². The van der Waals surface area contributed by atoms with Gasteiger partial charge < -0.3 is 19.7 Å². The van der Waals surface area contributed by atoms with Crippen molar-refractivity contribution in [3.63, 3.8) is 0 Å². The summed E-state index contributed by atoms with van der Waals surface area (Å²) in [4.78, 5) is 31.4. The van der Waals surface area contributed by atoms with Crippen molar-refractivity contribution in [3.8, 4) is 5.75 Å². The summed E-state index contributed by atoms with van der Waals surface area (Å²) in [6.45, 7) is 0.232. The summed E-state index contributed by atoms with van der Waals surface area (Å²) in [5.74, 6) is -0.965. The van der Waals surface area contributed by atoms with Crippen LogP contribution < -0.4 is 4.74 Å². The molecule has 38 heavy (non-hydrogen) atoms. The SMILES string of the molecule is COc1ccc2[nH]cc(CCN3C(=O)C(O)=C(C(=O)/C=C/c4ccccc4)C3c3ccc(Cl)cc3Cl)c2c1. The van der Waals surface area contributed by atoms with Crippen LogP contribution in [0.25, 0.3) is 17.0 Å². The number of fused-ring (bicyclic) bond motifs is 1.